The summed E-state index contributed by atoms with van der Waals surface area (Å²) in [6.07, 6.45) is 1.71. The van der Waals surface area contributed by atoms with Gasteiger partial charge in [-0.3, -0.25) is 4.79 Å². The molecule has 1 unspecified atom stereocenters. The summed E-state index contributed by atoms with van der Waals surface area (Å²) < 4.78 is 9.75. The normalized spacial score (nSPS) is 12.1. The van der Waals surface area contributed by atoms with Gasteiger partial charge in [-0.1, -0.05) is 0 Å². The van der Waals surface area contributed by atoms with E-state index < -0.39 is 11.9 Å². The number of carbonyl (C=O) groups excluding carboxylic acids is 1. The van der Waals surface area contributed by atoms with Gasteiger partial charge in [0.15, 0.2) is 5.76 Å². The minimum atomic E-state index is -1.12. The maximum absolute atomic E-state index is 11.6. The third-order valence-electron chi connectivity index (χ3n) is 2.20. The van der Waals surface area contributed by atoms with Gasteiger partial charge in [-0.2, -0.15) is 0 Å². The molecule has 2 N–H and O–H groups in total. The van der Waals surface area contributed by atoms with Gasteiger partial charge in [0.25, 0.3) is 5.91 Å². The molecule has 1 rings (SSSR count). The Bertz CT molecular complexity index is 398. The molecule has 1 amide bonds. The van der Waals surface area contributed by atoms with E-state index in [1.165, 1.54) is 6.07 Å². The zero-order chi connectivity index (χ0) is 12.8. The van der Waals surface area contributed by atoms with Gasteiger partial charge >= 0.3 is 5.97 Å². The van der Waals surface area contributed by atoms with Crippen LogP contribution in [-0.2, 0) is 4.74 Å². The lowest BCUT2D eigenvalue weighted by Crippen LogP contribution is -2.33. The molecule has 1 aromatic heterocycles. The Balaban J connectivity index is 2.54. The third kappa shape index (κ3) is 3.92. The van der Waals surface area contributed by atoms with Gasteiger partial charge in [0, 0.05) is 25.8 Å². The lowest BCUT2D eigenvalue weighted by Gasteiger charge is -2.11. The first-order valence-corrected chi connectivity index (χ1v) is 5.16. The largest absolute Gasteiger partial charge is 0.478 e. The SMILES string of the molecule is COCCC(C)NC(=O)c1cc(C(=O)O)co1. The van der Waals surface area contributed by atoms with Crippen LogP contribution in [0.4, 0.5) is 0 Å². The Labute approximate surface area is 98.6 Å². The monoisotopic (exact) mass is 241 g/mol. The second kappa shape index (κ2) is 6.05. The van der Waals surface area contributed by atoms with E-state index in [1.54, 1.807) is 7.11 Å². The molecule has 17 heavy (non-hydrogen) atoms. The molecule has 0 aliphatic carbocycles. The number of rotatable bonds is 6. The Morgan fingerprint density at radius 1 is 1.59 bits per heavy atom. The van der Waals surface area contributed by atoms with Crippen molar-refractivity contribution in [3.8, 4) is 0 Å². The van der Waals surface area contributed by atoms with Gasteiger partial charge in [-0.25, -0.2) is 4.79 Å². The van der Waals surface area contributed by atoms with E-state index in [9.17, 15) is 9.59 Å². The number of aromatic carboxylic acids is 1. The highest BCUT2D eigenvalue weighted by Crippen LogP contribution is 2.08. The molecule has 94 valence electrons. The van der Waals surface area contributed by atoms with Gasteiger partial charge in [0.05, 0.1) is 5.56 Å². The number of ether oxygens (including phenoxy) is 1. The molecule has 6 nitrogen and oxygen atoms in total. The number of hydrogen-bond acceptors (Lipinski definition) is 4. The molecule has 0 radical (unpaired) electrons. The molecule has 0 bridgehead atoms. The smallest absolute Gasteiger partial charge is 0.338 e. The summed E-state index contributed by atoms with van der Waals surface area (Å²) in [7, 11) is 1.58. The summed E-state index contributed by atoms with van der Waals surface area (Å²) in [6, 6.07) is 1.13. The van der Waals surface area contributed by atoms with Gasteiger partial charge in [0.1, 0.15) is 6.26 Å². The second-order valence-electron chi connectivity index (χ2n) is 3.66. The van der Waals surface area contributed by atoms with E-state index in [0.29, 0.717) is 13.0 Å². The summed E-state index contributed by atoms with van der Waals surface area (Å²) >= 11 is 0. The fourth-order valence-corrected chi connectivity index (χ4v) is 1.23. The number of methoxy groups -OCH3 is 1. The van der Waals surface area contributed by atoms with Crippen molar-refractivity contribution in [2.45, 2.75) is 19.4 Å². The summed E-state index contributed by atoms with van der Waals surface area (Å²) in [4.78, 5) is 22.2. The van der Waals surface area contributed by atoms with Crippen LogP contribution in [0.3, 0.4) is 0 Å². The van der Waals surface area contributed by atoms with E-state index in [0.717, 1.165) is 6.26 Å². The zero-order valence-electron chi connectivity index (χ0n) is 9.73. The number of furan rings is 1. The van der Waals surface area contributed by atoms with Crippen LogP contribution in [0.15, 0.2) is 16.7 Å². The van der Waals surface area contributed by atoms with E-state index in [1.807, 2.05) is 6.92 Å². The van der Waals surface area contributed by atoms with Crippen LogP contribution in [-0.4, -0.2) is 36.7 Å². The van der Waals surface area contributed by atoms with Gasteiger partial charge < -0.3 is 19.6 Å². The molecule has 1 aromatic rings. The standard InChI is InChI=1S/C11H15NO5/c1-7(3-4-16-2)12-10(13)9-5-8(6-17-9)11(14)15/h5-7H,3-4H2,1-2H3,(H,12,13)(H,14,15). The molecule has 1 atom stereocenters. The van der Waals surface area contributed by atoms with E-state index in [-0.39, 0.29) is 17.4 Å². The van der Waals surface area contributed by atoms with E-state index in [2.05, 4.69) is 5.32 Å². The fourth-order valence-electron chi connectivity index (χ4n) is 1.23. The second-order valence-corrected chi connectivity index (χ2v) is 3.66. The van der Waals surface area contributed by atoms with Crippen LogP contribution in [0.5, 0.6) is 0 Å². The topological polar surface area (TPSA) is 88.8 Å². The molecule has 6 heteroatoms. The number of carbonyl (C=O) groups is 2. The lowest BCUT2D eigenvalue weighted by atomic mass is 10.2. The van der Waals surface area contributed by atoms with Crippen LogP contribution in [0, 0.1) is 0 Å². The lowest BCUT2D eigenvalue weighted by molar-refractivity contribution is 0.0695. The van der Waals surface area contributed by atoms with Crippen molar-refractivity contribution < 1.29 is 23.8 Å². The zero-order valence-corrected chi connectivity index (χ0v) is 9.73. The summed E-state index contributed by atoms with van der Waals surface area (Å²) in [6.45, 7) is 2.37. The summed E-state index contributed by atoms with van der Waals surface area (Å²) in [5.74, 6) is -1.56. The Morgan fingerprint density at radius 2 is 2.29 bits per heavy atom. The fraction of sp³-hybridized carbons (Fsp3) is 0.455. The number of carboxylic acids is 1. The van der Waals surface area contributed by atoms with Crippen molar-refractivity contribution in [3.63, 3.8) is 0 Å². The minimum Gasteiger partial charge on any atom is -0.478 e. The Morgan fingerprint density at radius 3 is 2.82 bits per heavy atom. The highest BCUT2D eigenvalue weighted by Gasteiger charge is 2.16. The molecule has 1 heterocycles. The molecule has 0 aliphatic heterocycles. The summed E-state index contributed by atoms with van der Waals surface area (Å²) in [5.41, 5.74) is -0.0419. The van der Waals surface area contributed by atoms with Crippen LogP contribution >= 0.6 is 0 Å². The van der Waals surface area contributed by atoms with Crippen molar-refractivity contribution >= 4 is 11.9 Å². The first kappa shape index (κ1) is 13.2. The van der Waals surface area contributed by atoms with Crippen molar-refractivity contribution in [2.24, 2.45) is 0 Å². The van der Waals surface area contributed by atoms with Crippen LogP contribution < -0.4 is 5.32 Å². The molecular weight excluding hydrogens is 226 g/mol. The number of carboxylic acid groups (broad SMARTS) is 1. The number of hydrogen-bond donors (Lipinski definition) is 2. The molecule has 0 saturated carbocycles. The predicted molar refractivity (Wildman–Crippen MR) is 59.1 cm³/mol. The van der Waals surface area contributed by atoms with Crippen molar-refractivity contribution in [2.75, 3.05) is 13.7 Å². The number of amides is 1. The predicted octanol–water partition coefficient (Wildman–Crippen LogP) is 1.13. The van der Waals surface area contributed by atoms with E-state index in [4.69, 9.17) is 14.3 Å². The first-order chi connectivity index (χ1) is 8.04. The molecule has 0 aliphatic rings. The highest BCUT2D eigenvalue weighted by atomic mass is 16.5. The molecule has 0 spiro atoms. The van der Waals surface area contributed by atoms with Crippen LogP contribution in [0.25, 0.3) is 0 Å². The Kier molecular flexibility index (Phi) is 4.71. The molecule has 0 aromatic carbocycles. The molecule has 0 fully saturated rings. The first-order valence-electron chi connectivity index (χ1n) is 5.16. The van der Waals surface area contributed by atoms with Crippen molar-refractivity contribution in [1.82, 2.24) is 5.32 Å². The molecule has 0 saturated heterocycles. The third-order valence-corrected chi connectivity index (χ3v) is 2.20. The maximum Gasteiger partial charge on any atom is 0.338 e. The van der Waals surface area contributed by atoms with Crippen molar-refractivity contribution in [1.29, 1.82) is 0 Å². The van der Waals surface area contributed by atoms with Crippen LogP contribution in [0.1, 0.15) is 34.3 Å². The quantitative estimate of drug-likeness (QED) is 0.779. The average molecular weight is 241 g/mol. The highest BCUT2D eigenvalue weighted by molar-refractivity contribution is 5.95. The van der Waals surface area contributed by atoms with Crippen LogP contribution in [0.2, 0.25) is 0 Å². The van der Waals surface area contributed by atoms with Gasteiger partial charge in [-0.15, -0.1) is 0 Å². The maximum atomic E-state index is 11.6. The Hall–Kier alpha value is -1.82. The van der Waals surface area contributed by atoms with E-state index >= 15 is 0 Å². The summed E-state index contributed by atoms with van der Waals surface area (Å²) in [5, 5.41) is 11.3. The minimum absolute atomic E-state index is 0.00772. The molecular formula is C11H15NO5. The number of nitrogens with one attached hydrogen (secondary N) is 1. The average Bonchev–Trinajstić information content (AvgIpc) is 2.75. The van der Waals surface area contributed by atoms with Crippen molar-refractivity contribution in [3.05, 3.63) is 23.7 Å². The van der Waals surface area contributed by atoms with Gasteiger partial charge in [0.2, 0.25) is 0 Å². The van der Waals surface area contributed by atoms with Gasteiger partial charge in [-0.05, 0) is 13.3 Å².